The third-order valence-electron chi connectivity index (χ3n) is 12.3. The average Bonchev–Trinajstić information content (AvgIpc) is 4.00. The standard InChI is InChI=1S/C52H54F3N7O8S2/c1-30-43(72-29-58-30)33-10-8-32(9-11-33)27-57-46(65)42-25-37(63)28-60(42)47(66)44(50(3,4)5)59-45(64)31(2)70-40-20-18-39(19-21-40)69-23-22-68-38-16-14-35(15-17-38)62-49(71)61(48(67)51(62,6)7)36-13-12-34(26-56)41(24-36)52(53,54)55/h8-21,24,29,31,37,42,44,63H,22-23,25,27-28H2,1-7H3,(H,57,65)(H,59,64)/t31-,37-,42?,44-/m1/s1. The van der Waals surface area contributed by atoms with Crippen LogP contribution in [0.3, 0.4) is 0 Å². The molecular formula is C52H54F3N7O8S2. The summed E-state index contributed by atoms with van der Waals surface area (Å²) >= 11 is 7.18. The molecule has 5 aromatic rings. The van der Waals surface area contributed by atoms with Gasteiger partial charge in [0.25, 0.3) is 11.8 Å². The molecule has 0 spiro atoms. The van der Waals surface area contributed by atoms with Crippen LogP contribution < -0.4 is 34.6 Å². The molecule has 4 aromatic carbocycles. The van der Waals surface area contributed by atoms with Crippen molar-refractivity contribution in [3.63, 3.8) is 0 Å². The SMILES string of the molecule is Cc1ncsc1-c1ccc(CNC(=O)C2C[C@@H](O)CN2C(=O)[C@@H](NC(=O)[C@@H](C)Oc2ccc(OCCOc3ccc(N4C(=S)N(c5ccc(C#N)c(C(F)(F)F)c5)C(=O)C4(C)C)cc3)cc2)C(C)(C)C)cc1. The van der Waals surface area contributed by atoms with Gasteiger partial charge in [-0.2, -0.15) is 18.4 Å². The molecule has 0 radical (unpaired) electrons. The Morgan fingerprint density at radius 2 is 1.54 bits per heavy atom. The third kappa shape index (κ3) is 11.6. The maximum atomic E-state index is 14.2. The number of alkyl halides is 3. The Balaban J connectivity index is 0.879. The zero-order chi connectivity index (χ0) is 52.3. The number of likely N-dealkylation sites (tertiary alicyclic amines) is 1. The number of nitrogens with zero attached hydrogens (tertiary/aromatic N) is 5. The maximum absolute atomic E-state index is 14.2. The molecule has 4 amide bonds. The summed E-state index contributed by atoms with van der Waals surface area (Å²) in [6, 6.07) is 23.6. The van der Waals surface area contributed by atoms with E-state index in [1.165, 1.54) is 17.0 Å². The van der Waals surface area contributed by atoms with Crippen molar-refractivity contribution in [1.82, 2.24) is 20.5 Å². The van der Waals surface area contributed by atoms with Gasteiger partial charge in [-0.05, 0) is 123 Å². The van der Waals surface area contributed by atoms with E-state index in [2.05, 4.69) is 15.6 Å². The van der Waals surface area contributed by atoms with E-state index in [4.69, 9.17) is 26.4 Å². The molecule has 3 N–H and O–H groups in total. The molecule has 2 aliphatic rings. The third-order valence-corrected chi connectivity index (χ3v) is 13.6. The number of β-amino-alcohol motifs (C(OH)–C–C–N with tert-alkyl or cyclic N) is 1. The molecular weight excluding hydrogens is 972 g/mol. The normalized spacial score (nSPS) is 17.6. The lowest BCUT2D eigenvalue weighted by Gasteiger charge is -2.35. The smallest absolute Gasteiger partial charge is 0.417 e. The van der Waals surface area contributed by atoms with Crippen LogP contribution in [0.1, 0.15) is 70.3 Å². The lowest BCUT2D eigenvalue weighted by Crippen LogP contribution is -2.59. The van der Waals surface area contributed by atoms with Crippen LogP contribution in [0, 0.1) is 23.7 Å². The van der Waals surface area contributed by atoms with Crippen LogP contribution in [-0.2, 0) is 31.9 Å². The Hall–Kier alpha value is -7.08. The molecule has 0 bridgehead atoms. The van der Waals surface area contributed by atoms with E-state index in [0.717, 1.165) is 38.7 Å². The molecule has 72 heavy (non-hydrogen) atoms. The second-order valence-corrected chi connectivity index (χ2v) is 20.2. The quantitative estimate of drug-likeness (QED) is 0.0641. The zero-order valence-electron chi connectivity index (χ0n) is 40.6. The minimum absolute atomic E-state index is 0.0327. The predicted molar refractivity (Wildman–Crippen MR) is 268 cm³/mol. The van der Waals surface area contributed by atoms with E-state index in [9.17, 15) is 42.7 Å². The number of anilines is 2. The highest BCUT2D eigenvalue weighted by Gasteiger charge is 2.51. The van der Waals surface area contributed by atoms with Gasteiger partial charge in [0.1, 0.15) is 48.1 Å². The summed E-state index contributed by atoms with van der Waals surface area (Å²) in [4.78, 5) is 64.1. The van der Waals surface area contributed by atoms with E-state index in [1.807, 2.05) is 31.2 Å². The number of rotatable bonds is 16. The first kappa shape index (κ1) is 52.7. The monoisotopic (exact) mass is 1030 g/mol. The number of carbonyl (C=O) groups is 4. The number of thiazole rings is 1. The Morgan fingerprint density at radius 1 is 0.944 bits per heavy atom. The summed E-state index contributed by atoms with van der Waals surface area (Å²) in [7, 11) is 0. The van der Waals surface area contributed by atoms with Crippen molar-refractivity contribution in [3.8, 4) is 33.8 Å². The van der Waals surface area contributed by atoms with Crippen molar-refractivity contribution >= 4 is 63.7 Å². The van der Waals surface area contributed by atoms with Gasteiger partial charge in [0, 0.05) is 25.2 Å². The zero-order valence-corrected chi connectivity index (χ0v) is 42.2. The minimum atomic E-state index is -4.82. The summed E-state index contributed by atoms with van der Waals surface area (Å²) in [5.41, 5.74) is 1.25. The topological polar surface area (TPSA) is 187 Å². The number of aromatic nitrogens is 1. The Labute approximate surface area is 424 Å². The van der Waals surface area contributed by atoms with Gasteiger partial charge in [0.2, 0.25) is 11.8 Å². The van der Waals surface area contributed by atoms with Gasteiger partial charge < -0.3 is 39.8 Å². The maximum Gasteiger partial charge on any atom is 0.417 e. The second kappa shape index (κ2) is 21.3. The van der Waals surface area contributed by atoms with Gasteiger partial charge in [0.15, 0.2) is 11.2 Å². The molecule has 7 rings (SSSR count). The molecule has 0 saturated carbocycles. The van der Waals surface area contributed by atoms with E-state index in [-0.39, 0.29) is 43.5 Å². The number of aliphatic hydroxyl groups is 1. The van der Waals surface area contributed by atoms with Crippen molar-refractivity contribution in [3.05, 3.63) is 119 Å². The fraction of sp³-hybridized carbons (Fsp3) is 0.365. The molecule has 3 heterocycles. The number of nitrogens with one attached hydrogen (secondary N) is 2. The number of ether oxygens (including phenoxy) is 3. The van der Waals surface area contributed by atoms with Crippen molar-refractivity contribution in [1.29, 1.82) is 5.26 Å². The van der Waals surface area contributed by atoms with Crippen LogP contribution in [0.25, 0.3) is 10.4 Å². The van der Waals surface area contributed by atoms with Gasteiger partial charge in [-0.1, -0.05) is 45.0 Å². The molecule has 1 aromatic heterocycles. The molecule has 378 valence electrons. The number of amides is 4. The number of hydrogen-bond acceptors (Lipinski definition) is 12. The fourth-order valence-electron chi connectivity index (χ4n) is 8.38. The van der Waals surface area contributed by atoms with E-state index in [1.54, 1.807) is 112 Å². The summed E-state index contributed by atoms with van der Waals surface area (Å²) in [6.07, 6.45) is -6.71. The molecule has 20 heteroatoms. The highest BCUT2D eigenvalue weighted by Crippen LogP contribution is 2.40. The highest BCUT2D eigenvalue weighted by atomic mass is 32.1. The Bertz CT molecular complexity index is 2860. The Morgan fingerprint density at radius 3 is 2.11 bits per heavy atom. The molecule has 4 atom stereocenters. The van der Waals surface area contributed by atoms with Crippen molar-refractivity contribution in [2.45, 2.75) is 97.4 Å². The summed E-state index contributed by atoms with van der Waals surface area (Å²) in [6.45, 7) is 12.6. The molecule has 2 saturated heterocycles. The van der Waals surface area contributed by atoms with Gasteiger partial charge in [-0.3, -0.25) is 24.1 Å². The second-order valence-electron chi connectivity index (χ2n) is 19.0. The number of carbonyl (C=O) groups excluding carboxylic acids is 4. The van der Waals surface area contributed by atoms with Crippen LogP contribution >= 0.6 is 23.6 Å². The number of nitriles is 1. The fourth-order valence-corrected chi connectivity index (χ4v) is 9.72. The average molecular weight is 1030 g/mol. The first-order valence-electron chi connectivity index (χ1n) is 23.0. The largest absolute Gasteiger partial charge is 0.490 e. The highest BCUT2D eigenvalue weighted by molar-refractivity contribution is 7.81. The van der Waals surface area contributed by atoms with Crippen LogP contribution in [0.2, 0.25) is 0 Å². The van der Waals surface area contributed by atoms with Crippen LogP contribution in [-0.4, -0.2) is 93.3 Å². The molecule has 1 unspecified atom stereocenters. The minimum Gasteiger partial charge on any atom is -0.490 e. The summed E-state index contributed by atoms with van der Waals surface area (Å²) in [5.74, 6) is -0.677. The van der Waals surface area contributed by atoms with Crippen molar-refractivity contribution in [2.24, 2.45) is 5.41 Å². The van der Waals surface area contributed by atoms with Crippen LogP contribution in [0.4, 0.5) is 24.5 Å². The van der Waals surface area contributed by atoms with Crippen molar-refractivity contribution in [2.75, 3.05) is 29.6 Å². The van der Waals surface area contributed by atoms with Crippen LogP contribution in [0.5, 0.6) is 17.2 Å². The number of hydrogen-bond donors (Lipinski definition) is 3. The summed E-state index contributed by atoms with van der Waals surface area (Å²) in [5, 5.41) is 25.6. The molecule has 15 nitrogen and oxygen atoms in total. The first-order valence-corrected chi connectivity index (χ1v) is 24.2. The van der Waals surface area contributed by atoms with E-state index in [0.29, 0.717) is 22.9 Å². The number of aryl methyl sites for hydroxylation is 1. The number of benzene rings is 4. The molecule has 2 fully saturated rings. The van der Waals surface area contributed by atoms with Gasteiger partial charge >= 0.3 is 6.18 Å². The number of thiocarbonyl (C=S) groups is 1. The summed E-state index contributed by atoms with van der Waals surface area (Å²) < 4.78 is 58.9. The van der Waals surface area contributed by atoms with Crippen molar-refractivity contribution < 1.29 is 51.7 Å². The molecule has 2 aliphatic heterocycles. The van der Waals surface area contributed by atoms with Gasteiger partial charge in [0.05, 0.1) is 45.1 Å². The lowest BCUT2D eigenvalue weighted by atomic mass is 9.85. The number of halogens is 3. The van der Waals surface area contributed by atoms with E-state index < -0.39 is 76.2 Å². The van der Waals surface area contributed by atoms with Gasteiger partial charge in [-0.15, -0.1) is 11.3 Å². The first-order chi connectivity index (χ1) is 34.0. The van der Waals surface area contributed by atoms with E-state index >= 15 is 0 Å². The Kier molecular flexibility index (Phi) is 15.6. The van der Waals surface area contributed by atoms with Crippen LogP contribution in [0.15, 0.2) is 96.5 Å². The number of aliphatic hydroxyl groups excluding tert-OH is 1. The van der Waals surface area contributed by atoms with Gasteiger partial charge in [-0.25, -0.2) is 4.98 Å². The predicted octanol–water partition coefficient (Wildman–Crippen LogP) is 7.96. The lowest BCUT2D eigenvalue weighted by molar-refractivity contribution is -0.145. The molecule has 0 aliphatic carbocycles.